The van der Waals surface area contributed by atoms with Crippen molar-refractivity contribution in [3.63, 3.8) is 0 Å². The number of hydrogen-bond acceptors (Lipinski definition) is 6. The fraction of sp³-hybridized carbons (Fsp3) is 0.207. The molecule has 4 aromatic rings. The van der Waals surface area contributed by atoms with Crippen LogP contribution in [0.2, 0.25) is 5.02 Å². The fourth-order valence-corrected chi connectivity index (χ4v) is 5.56. The molecule has 0 bridgehead atoms. The Morgan fingerprint density at radius 2 is 1.89 bits per heavy atom. The average molecular weight is 533 g/mol. The molecule has 1 atom stereocenters. The molecule has 3 aromatic carbocycles. The number of rotatable bonds is 7. The van der Waals surface area contributed by atoms with Crippen LogP contribution >= 0.6 is 22.9 Å². The molecule has 1 aliphatic rings. The van der Waals surface area contributed by atoms with E-state index in [2.05, 4.69) is 11.9 Å². The molecule has 0 radical (unpaired) electrons. The number of amides is 1. The van der Waals surface area contributed by atoms with Gasteiger partial charge in [-0.25, -0.2) is 4.98 Å². The van der Waals surface area contributed by atoms with Gasteiger partial charge in [-0.1, -0.05) is 54.5 Å². The lowest BCUT2D eigenvalue weighted by atomic mass is 9.95. The van der Waals surface area contributed by atoms with Gasteiger partial charge in [0, 0.05) is 10.6 Å². The molecular weight excluding hydrogens is 508 g/mol. The van der Waals surface area contributed by atoms with Crippen molar-refractivity contribution in [2.24, 2.45) is 0 Å². The van der Waals surface area contributed by atoms with Crippen LogP contribution in [0.25, 0.3) is 16.0 Å². The highest BCUT2D eigenvalue weighted by molar-refractivity contribution is 7.22. The van der Waals surface area contributed by atoms with E-state index in [4.69, 9.17) is 16.3 Å². The number of aliphatic hydroxyl groups is 1. The number of nitrogens with zero attached hydrogens (tertiary/aromatic N) is 2. The van der Waals surface area contributed by atoms with E-state index in [9.17, 15) is 14.7 Å². The van der Waals surface area contributed by atoms with Crippen LogP contribution in [0, 0.1) is 6.92 Å². The van der Waals surface area contributed by atoms with Crippen molar-refractivity contribution >= 4 is 55.7 Å². The van der Waals surface area contributed by atoms with E-state index in [0.29, 0.717) is 33.6 Å². The number of halogens is 1. The fourth-order valence-electron chi connectivity index (χ4n) is 4.34. The molecule has 0 aliphatic carbocycles. The molecule has 1 fully saturated rings. The Morgan fingerprint density at radius 1 is 1.11 bits per heavy atom. The van der Waals surface area contributed by atoms with Crippen LogP contribution < -0.4 is 9.64 Å². The van der Waals surface area contributed by atoms with Crippen molar-refractivity contribution in [1.82, 2.24) is 4.98 Å². The second kappa shape index (κ2) is 10.4. The number of carbonyl (C=O) groups excluding carboxylic acids is 2. The molecule has 1 saturated heterocycles. The van der Waals surface area contributed by atoms with Crippen LogP contribution in [0.1, 0.15) is 42.5 Å². The van der Waals surface area contributed by atoms with Gasteiger partial charge >= 0.3 is 5.91 Å². The van der Waals surface area contributed by atoms with Gasteiger partial charge in [-0.3, -0.25) is 14.5 Å². The van der Waals surface area contributed by atoms with Crippen LogP contribution in [0.15, 0.2) is 72.3 Å². The third-order valence-corrected chi connectivity index (χ3v) is 7.51. The molecule has 188 valence electrons. The minimum Gasteiger partial charge on any atom is -0.507 e. The van der Waals surface area contributed by atoms with E-state index in [0.717, 1.165) is 28.6 Å². The number of thiazole rings is 1. The van der Waals surface area contributed by atoms with E-state index in [1.807, 2.05) is 49.4 Å². The lowest BCUT2D eigenvalue weighted by Crippen LogP contribution is -2.29. The number of ketones is 1. The number of hydrogen-bond donors (Lipinski definition) is 1. The van der Waals surface area contributed by atoms with E-state index in [1.165, 1.54) is 16.2 Å². The number of anilines is 1. The second-order valence-electron chi connectivity index (χ2n) is 8.92. The summed E-state index contributed by atoms with van der Waals surface area (Å²) in [6, 6.07) is 18.7. The first-order valence-corrected chi connectivity index (χ1v) is 13.2. The Bertz CT molecular complexity index is 1530. The van der Waals surface area contributed by atoms with Gasteiger partial charge < -0.3 is 9.84 Å². The summed E-state index contributed by atoms with van der Waals surface area (Å²) in [4.78, 5) is 33.0. The summed E-state index contributed by atoms with van der Waals surface area (Å²) < 4.78 is 6.81. The zero-order valence-electron chi connectivity index (χ0n) is 20.4. The average Bonchev–Trinajstić information content (AvgIpc) is 3.42. The Hall–Kier alpha value is -3.68. The molecule has 5 rings (SSSR count). The molecule has 1 amide bonds. The number of aryl methyl sites for hydroxylation is 1. The summed E-state index contributed by atoms with van der Waals surface area (Å²) >= 11 is 7.36. The van der Waals surface area contributed by atoms with Crippen LogP contribution in [-0.4, -0.2) is 28.4 Å². The Labute approximate surface area is 223 Å². The highest BCUT2D eigenvalue weighted by Gasteiger charge is 2.48. The number of carbonyl (C=O) groups is 2. The summed E-state index contributed by atoms with van der Waals surface area (Å²) in [5.41, 5.74) is 2.83. The minimum absolute atomic E-state index is 0.00605. The lowest BCUT2D eigenvalue weighted by Gasteiger charge is -2.23. The van der Waals surface area contributed by atoms with Gasteiger partial charge in [0.2, 0.25) is 0 Å². The molecule has 0 saturated carbocycles. The molecular formula is C29H25ClN2O4S. The first kappa shape index (κ1) is 25.0. The SMILES string of the molecule is CCCCOc1cccc(C2/C(=C(\O)c3ccc(Cl)cc3)C(=O)C(=O)N2c2nc3ccc(C)cc3s2)c1. The predicted molar refractivity (Wildman–Crippen MR) is 147 cm³/mol. The van der Waals surface area contributed by atoms with Crippen LogP contribution in [0.5, 0.6) is 5.75 Å². The monoisotopic (exact) mass is 532 g/mol. The quantitative estimate of drug-likeness (QED) is 0.119. The minimum atomic E-state index is -0.882. The van der Waals surface area contributed by atoms with Crippen LogP contribution in [0.4, 0.5) is 5.13 Å². The first-order valence-electron chi connectivity index (χ1n) is 12.0. The third kappa shape index (κ3) is 4.84. The van der Waals surface area contributed by atoms with Crippen molar-refractivity contribution in [3.05, 3.63) is 94.0 Å². The normalized spacial score (nSPS) is 17.1. The molecule has 2 heterocycles. The molecule has 1 unspecified atom stereocenters. The molecule has 1 aliphatic heterocycles. The van der Waals surface area contributed by atoms with Crippen molar-refractivity contribution < 1.29 is 19.4 Å². The molecule has 1 N–H and O–H groups in total. The molecule has 6 nitrogen and oxygen atoms in total. The number of fused-ring (bicyclic) bond motifs is 1. The van der Waals surface area contributed by atoms with Crippen molar-refractivity contribution in [2.45, 2.75) is 32.7 Å². The summed E-state index contributed by atoms with van der Waals surface area (Å²) in [7, 11) is 0. The third-order valence-electron chi connectivity index (χ3n) is 6.24. The Balaban J connectivity index is 1.67. The molecule has 1 aromatic heterocycles. The predicted octanol–water partition coefficient (Wildman–Crippen LogP) is 7.06. The maximum absolute atomic E-state index is 13.5. The topological polar surface area (TPSA) is 79.7 Å². The largest absolute Gasteiger partial charge is 0.507 e. The van der Waals surface area contributed by atoms with Gasteiger partial charge in [0.25, 0.3) is 5.78 Å². The first-order chi connectivity index (χ1) is 17.9. The second-order valence-corrected chi connectivity index (χ2v) is 10.4. The van der Waals surface area contributed by atoms with Crippen molar-refractivity contribution in [3.8, 4) is 5.75 Å². The number of aromatic nitrogens is 1. The molecule has 8 heteroatoms. The van der Waals surface area contributed by atoms with Gasteiger partial charge in [-0.05, 0) is 73.0 Å². The van der Waals surface area contributed by atoms with Crippen molar-refractivity contribution in [1.29, 1.82) is 0 Å². The summed E-state index contributed by atoms with van der Waals surface area (Å²) in [6.45, 7) is 4.63. The Kier molecular flexibility index (Phi) is 7.00. The van der Waals surface area contributed by atoms with Gasteiger partial charge in [-0.2, -0.15) is 0 Å². The zero-order valence-corrected chi connectivity index (χ0v) is 22.0. The lowest BCUT2D eigenvalue weighted by molar-refractivity contribution is -0.132. The standard InChI is InChI=1S/C29H25ClN2O4S/c1-3-4-14-36-21-7-5-6-19(16-21)25-24(26(33)18-9-11-20(30)12-10-18)27(34)28(35)32(25)29-31-22-13-8-17(2)15-23(22)37-29/h5-13,15-16,25,33H,3-4,14H2,1-2H3/b26-24+. The van der Waals surface area contributed by atoms with E-state index < -0.39 is 17.7 Å². The van der Waals surface area contributed by atoms with Gasteiger partial charge in [0.05, 0.1) is 28.4 Å². The summed E-state index contributed by atoms with van der Waals surface area (Å²) in [5.74, 6) is -1.15. The van der Waals surface area contributed by atoms with Gasteiger partial charge in [0.1, 0.15) is 11.5 Å². The summed E-state index contributed by atoms with van der Waals surface area (Å²) in [5, 5.41) is 12.2. The zero-order chi connectivity index (χ0) is 26.1. The van der Waals surface area contributed by atoms with Crippen molar-refractivity contribution in [2.75, 3.05) is 11.5 Å². The number of aliphatic hydroxyl groups excluding tert-OH is 1. The Morgan fingerprint density at radius 3 is 2.65 bits per heavy atom. The molecule has 0 spiro atoms. The highest BCUT2D eigenvalue weighted by atomic mass is 35.5. The van der Waals surface area contributed by atoms with Gasteiger partial charge in [-0.15, -0.1) is 0 Å². The van der Waals surface area contributed by atoms with E-state index in [1.54, 1.807) is 24.3 Å². The van der Waals surface area contributed by atoms with E-state index in [-0.39, 0.29) is 11.3 Å². The number of unbranched alkanes of at least 4 members (excludes halogenated alkanes) is 1. The van der Waals surface area contributed by atoms with Gasteiger partial charge in [0.15, 0.2) is 5.13 Å². The smallest absolute Gasteiger partial charge is 0.301 e. The molecule has 37 heavy (non-hydrogen) atoms. The number of Topliss-reactive ketones (excluding diaryl/α,β-unsaturated/α-hetero) is 1. The highest BCUT2D eigenvalue weighted by Crippen LogP contribution is 2.45. The van der Waals surface area contributed by atoms with Crippen LogP contribution in [0.3, 0.4) is 0 Å². The summed E-state index contributed by atoms with van der Waals surface area (Å²) in [6.07, 6.45) is 1.91. The van der Waals surface area contributed by atoms with Crippen LogP contribution in [-0.2, 0) is 9.59 Å². The maximum Gasteiger partial charge on any atom is 0.301 e. The number of benzene rings is 3. The van der Waals surface area contributed by atoms with E-state index >= 15 is 0 Å². The maximum atomic E-state index is 13.5. The number of ether oxygens (including phenoxy) is 1.